The maximum Gasteiger partial charge on any atom is 0.243 e. The number of aryl methyl sites for hydroxylation is 1. The fourth-order valence-corrected chi connectivity index (χ4v) is 3.89. The molecule has 2 aromatic rings. The average Bonchev–Trinajstić information content (AvgIpc) is 3.38. The van der Waals surface area contributed by atoms with Crippen molar-refractivity contribution < 1.29 is 4.79 Å². The SMILES string of the molecule is CN(C)C(=O)CN=C(NCCc1cccs1)N1CCC(c2cnn(C)c2)C1. The highest BCUT2D eigenvalue weighted by atomic mass is 32.1. The van der Waals surface area contributed by atoms with E-state index in [4.69, 9.17) is 0 Å². The molecule has 146 valence electrons. The van der Waals surface area contributed by atoms with Gasteiger partial charge in [0.15, 0.2) is 5.96 Å². The molecule has 1 atom stereocenters. The highest BCUT2D eigenvalue weighted by Crippen LogP contribution is 2.26. The van der Waals surface area contributed by atoms with Crippen LogP contribution in [0.1, 0.15) is 22.8 Å². The predicted molar refractivity (Wildman–Crippen MR) is 109 cm³/mol. The van der Waals surface area contributed by atoms with Gasteiger partial charge in [-0.1, -0.05) is 6.07 Å². The van der Waals surface area contributed by atoms with E-state index in [9.17, 15) is 4.79 Å². The van der Waals surface area contributed by atoms with Crippen molar-refractivity contribution in [1.29, 1.82) is 0 Å². The number of carbonyl (C=O) groups excluding carboxylic acids is 1. The standard InChI is InChI=1S/C19H28N6OS/c1-23(2)18(26)12-21-19(20-8-6-17-5-4-10-27-17)25-9-7-15(14-25)16-11-22-24(3)13-16/h4-5,10-11,13,15H,6-9,12,14H2,1-3H3,(H,20,21). The Morgan fingerprint density at radius 1 is 1.48 bits per heavy atom. The van der Waals surface area contributed by atoms with E-state index < -0.39 is 0 Å². The largest absolute Gasteiger partial charge is 0.356 e. The van der Waals surface area contributed by atoms with Crippen LogP contribution in [0, 0.1) is 0 Å². The smallest absolute Gasteiger partial charge is 0.243 e. The lowest BCUT2D eigenvalue weighted by Gasteiger charge is -2.22. The van der Waals surface area contributed by atoms with Crippen LogP contribution >= 0.6 is 11.3 Å². The number of hydrogen-bond acceptors (Lipinski definition) is 4. The predicted octanol–water partition coefficient (Wildman–Crippen LogP) is 1.55. The Hall–Kier alpha value is -2.35. The van der Waals surface area contributed by atoms with Gasteiger partial charge >= 0.3 is 0 Å². The number of nitrogens with one attached hydrogen (secondary N) is 1. The summed E-state index contributed by atoms with van der Waals surface area (Å²) in [7, 11) is 5.47. The van der Waals surface area contributed by atoms with Gasteiger partial charge in [0.2, 0.25) is 5.91 Å². The number of aromatic nitrogens is 2. The number of guanidine groups is 1. The first-order chi connectivity index (χ1) is 13.0. The molecule has 27 heavy (non-hydrogen) atoms. The fraction of sp³-hybridized carbons (Fsp3) is 0.526. The van der Waals surface area contributed by atoms with Gasteiger partial charge in [-0.15, -0.1) is 11.3 Å². The second-order valence-electron chi connectivity index (χ2n) is 7.06. The second kappa shape index (κ2) is 9.03. The number of aliphatic imine (C=N–C) groups is 1. The highest BCUT2D eigenvalue weighted by molar-refractivity contribution is 7.09. The minimum absolute atomic E-state index is 0.00978. The minimum Gasteiger partial charge on any atom is -0.356 e. The van der Waals surface area contributed by atoms with Crippen LogP contribution in [0.5, 0.6) is 0 Å². The summed E-state index contributed by atoms with van der Waals surface area (Å²) in [6.07, 6.45) is 6.06. The maximum atomic E-state index is 12.0. The zero-order valence-electron chi connectivity index (χ0n) is 16.3. The summed E-state index contributed by atoms with van der Waals surface area (Å²) in [6.45, 7) is 2.80. The zero-order valence-corrected chi connectivity index (χ0v) is 17.1. The summed E-state index contributed by atoms with van der Waals surface area (Å²) < 4.78 is 1.85. The third-order valence-electron chi connectivity index (χ3n) is 4.78. The van der Waals surface area contributed by atoms with Crippen molar-refractivity contribution in [1.82, 2.24) is 24.9 Å². The van der Waals surface area contributed by atoms with Crippen LogP contribution in [-0.4, -0.2) is 71.7 Å². The molecule has 1 aliphatic heterocycles. The first-order valence-corrected chi connectivity index (χ1v) is 10.1. The van der Waals surface area contributed by atoms with Crippen LogP contribution in [0.2, 0.25) is 0 Å². The summed E-state index contributed by atoms with van der Waals surface area (Å²) in [5.41, 5.74) is 1.27. The van der Waals surface area contributed by atoms with Crippen LogP contribution in [0.25, 0.3) is 0 Å². The highest BCUT2D eigenvalue weighted by Gasteiger charge is 2.27. The van der Waals surface area contributed by atoms with Gasteiger partial charge in [-0.25, -0.2) is 4.99 Å². The van der Waals surface area contributed by atoms with Crippen LogP contribution in [-0.2, 0) is 18.3 Å². The van der Waals surface area contributed by atoms with Crippen molar-refractivity contribution in [3.05, 3.63) is 40.3 Å². The molecule has 0 saturated carbocycles. The Labute approximate surface area is 164 Å². The Morgan fingerprint density at radius 3 is 3.00 bits per heavy atom. The molecule has 0 aromatic carbocycles. The van der Waals surface area contributed by atoms with Crippen LogP contribution in [0.3, 0.4) is 0 Å². The molecule has 7 nitrogen and oxygen atoms in total. The number of nitrogens with zero attached hydrogens (tertiary/aromatic N) is 5. The van der Waals surface area contributed by atoms with Crippen molar-refractivity contribution in [2.45, 2.75) is 18.8 Å². The summed E-state index contributed by atoms with van der Waals surface area (Å²) in [5, 5.41) is 9.85. The number of hydrogen-bond donors (Lipinski definition) is 1. The van der Waals surface area contributed by atoms with E-state index in [1.807, 2.05) is 17.9 Å². The topological polar surface area (TPSA) is 65.8 Å². The molecule has 1 unspecified atom stereocenters. The molecule has 1 fully saturated rings. The van der Waals surface area contributed by atoms with Gasteiger partial charge < -0.3 is 15.1 Å². The van der Waals surface area contributed by atoms with Gasteiger partial charge in [-0.05, 0) is 29.9 Å². The monoisotopic (exact) mass is 388 g/mol. The molecule has 1 aliphatic rings. The van der Waals surface area contributed by atoms with E-state index in [1.54, 1.807) is 30.3 Å². The Bertz CT molecular complexity index is 767. The van der Waals surface area contributed by atoms with Gasteiger partial charge in [0.1, 0.15) is 6.54 Å². The number of rotatable bonds is 6. The molecule has 0 bridgehead atoms. The zero-order chi connectivity index (χ0) is 19.2. The van der Waals surface area contributed by atoms with Crippen LogP contribution in [0.15, 0.2) is 34.9 Å². The van der Waals surface area contributed by atoms with Gasteiger partial charge in [0.25, 0.3) is 0 Å². The van der Waals surface area contributed by atoms with Gasteiger partial charge in [-0.2, -0.15) is 5.10 Å². The summed E-state index contributed by atoms with van der Waals surface area (Å²) in [4.78, 5) is 21.8. The van der Waals surface area contributed by atoms with Gasteiger partial charge in [0, 0.05) is 57.8 Å². The van der Waals surface area contributed by atoms with E-state index in [-0.39, 0.29) is 12.5 Å². The number of likely N-dealkylation sites (N-methyl/N-ethyl adjacent to an activating group) is 1. The molecule has 3 rings (SSSR count). The Balaban J connectivity index is 1.63. The first kappa shape index (κ1) is 19.4. The lowest BCUT2D eigenvalue weighted by molar-refractivity contribution is -0.127. The van der Waals surface area contributed by atoms with Crippen LogP contribution in [0.4, 0.5) is 0 Å². The molecule has 3 heterocycles. The van der Waals surface area contributed by atoms with Gasteiger partial charge in [-0.3, -0.25) is 9.48 Å². The molecule has 1 N–H and O–H groups in total. The van der Waals surface area contributed by atoms with Crippen LogP contribution < -0.4 is 5.32 Å². The van der Waals surface area contributed by atoms with E-state index in [2.05, 4.69) is 44.0 Å². The third-order valence-corrected chi connectivity index (χ3v) is 5.72. The van der Waals surface area contributed by atoms with Crippen molar-refractivity contribution in [2.75, 3.05) is 40.3 Å². The van der Waals surface area contributed by atoms with Gasteiger partial charge in [0.05, 0.1) is 6.20 Å². The van der Waals surface area contributed by atoms with E-state index in [1.165, 1.54) is 10.4 Å². The number of thiophene rings is 1. The molecule has 8 heteroatoms. The summed E-state index contributed by atoms with van der Waals surface area (Å²) in [6, 6.07) is 4.22. The molecule has 0 spiro atoms. The van der Waals surface area contributed by atoms with E-state index in [0.717, 1.165) is 38.4 Å². The maximum absolute atomic E-state index is 12.0. The molecule has 1 saturated heterocycles. The lowest BCUT2D eigenvalue weighted by Crippen LogP contribution is -2.41. The molecular formula is C19H28N6OS. The molecule has 2 aromatic heterocycles. The molecular weight excluding hydrogens is 360 g/mol. The molecule has 1 amide bonds. The lowest BCUT2D eigenvalue weighted by atomic mass is 10.0. The normalized spacial score (nSPS) is 17.4. The Kier molecular flexibility index (Phi) is 6.49. The van der Waals surface area contributed by atoms with E-state index in [0.29, 0.717) is 5.92 Å². The third kappa shape index (κ3) is 5.32. The first-order valence-electron chi connectivity index (χ1n) is 9.27. The second-order valence-corrected chi connectivity index (χ2v) is 8.10. The summed E-state index contributed by atoms with van der Waals surface area (Å²) in [5.74, 6) is 1.29. The van der Waals surface area contributed by atoms with Crippen molar-refractivity contribution in [2.24, 2.45) is 12.0 Å². The number of amides is 1. The van der Waals surface area contributed by atoms with Crippen molar-refractivity contribution in [3.8, 4) is 0 Å². The summed E-state index contributed by atoms with van der Waals surface area (Å²) >= 11 is 1.77. The Morgan fingerprint density at radius 2 is 2.33 bits per heavy atom. The number of likely N-dealkylation sites (tertiary alicyclic amines) is 1. The van der Waals surface area contributed by atoms with Crippen molar-refractivity contribution in [3.63, 3.8) is 0 Å². The number of carbonyl (C=O) groups is 1. The average molecular weight is 389 g/mol. The quantitative estimate of drug-likeness (QED) is 0.602. The molecule has 0 aliphatic carbocycles. The molecule has 0 radical (unpaired) electrons. The minimum atomic E-state index is 0.00978. The fourth-order valence-electron chi connectivity index (χ4n) is 3.18. The van der Waals surface area contributed by atoms with E-state index >= 15 is 0 Å². The van der Waals surface area contributed by atoms with Crippen molar-refractivity contribution >= 4 is 23.2 Å².